The molecule has 9 nitrogen and oxygen atoms in total. The molecule has 3 saturated heterocycles. The van der Waals surface area contributed by atoms with Gasteiger partial charge in [-0.1, -0.05) is 24.3 Å². The maximum atomic E-state index is 13.0. The fraction of sp³-hybridized carbons (Fsp3) is 0.467. The van der Waals surface area contributed by atoms with Gasteiger partial charge in [0.25, 0.3) is 11.8 Å². The van der Waals surface area contributed by atoms with Gasteiger partial charge in [-0.2, -0.15) is 0 Å². The number of nitrogens with one attached hydrogen (secondary N) is 1. The van der Waals surface area contributed by atoms with Crippen molar-refractivity contribution in [3.05, 3.63) is 70.3 Å². The molecule has 2 aromatic rings. The number of nitrogens with zero attached hydrogens (tertiary/aromatic N) is 3. The molecule has 1 N–H and O–H groups in total. The molecule has 9 heteroatoms. The van der Waals surface area contributed by atoms with Gasteiger partial charge in [0.15, 0.2) is 0 Å². The Hall–Kier alpha value is -3.56. The summed E-state index contributed by atoms with van der Waals surface area (Å²) < 4.78 is 5.37. The average Bonchev–Trinajstić information content (AvgIpc) is 3.29. The minimum absolute atomic E-state index is 0.0742. The zero-order valence-electron chi connectivity index (χ0n) is 22.1. The first kappa shape index (κ1) is 25.7. The van der Waals surface area contributed by atoms with Gasteiger partial charge in [-0.15, -0.1) is 0 Å². The largest absolute Gasteiger partial charge is 0.378 e. The van der Waals surface area contributed by atoms with Crippen molar-refractivity contribution >= 4 is 23.6 Å². The molecule has 39 heavy (non-hydrogen) atoms. The van der Waals surface area contributed by atoms with Crippen LogP contribution in [-0.4, -0.2) is 83.8 Å². The first-order valence-electron chi connectivity index (χ1n) is 13.9. The number of rotatable bonds is 5. The van der Waals surface area contributed by atoms with Crippen LogP contribution in [0.2, 0.25) is 0 Å². The molecule has 2 aromatic carbocycles. The fourth-order valence-electron chi connectivity index (χ4n) is 6.28. The van der Waals surface area contributed by atoms with E-state index in [1.54, 1.807) is 4.90 Å². The van der Waals surface area contributed by atoms with E-state index in [4.69, 9.17) is 4.74 Å². The smallest absolute Gasteiger partial charge is 0.255 e. The monoisotopic (exact) mass is 530 g/mol. The molecule has 1 atom stereocenters. The van der Waals surface area contributed by atoms with Crippen LogP contribution in [0.1, 0.15) is 69.0 Å². The van der Waals surface area contributed by atoms with E-state index in [1.165, 1.54) is 5.56 Å². The van der Waals surface area contributed by atoms with E-state index >= 15 is 0 Å². The highest BCUT2D eigenvalue weighted by Gasteiger charge is 2.39. The number of amides is 4. The summed E-state index contributed by atoms with van der Waals surface area (Å²) in [6.45, 7) is 5.63. The molecule has 0 aromatic heterocycles. The predicted molar refractivity (Wildman–Crippen MR) is 143 cm³/mol. The Labute approximate surface area is 228 Å². The van der Waals surface area contributed by atoms with Crippen LogP contribution in [0.4, 0.5) is 0 Å². The number of ether oxygens (including phenoxy) is 1. The van der Waals surface area contributed by atoms with Gasteiger partial charge in [-0.3, -0.25) is 29.4 Å². The Kier molecular flexibility index (Phi) is 7.18. The Bertz CT molecular complexity index is 1300. The van der Waals surface area contributed by atoms with Gasteiger partial charge in [0.1, 0.15) is 6.04 Å². The molecule has 6 rings (SSSR count). The van der Waals surface area contributed by atoms with Crippen LogP contribution < -0.4 is 5.32 Å². The van der Waals surface area contributed by atoms with Crippen molar-refractivity contribution in [2.24, 2.45) is 0 Å². The second-order valence-corrected chi connectivity index (χ2v) is 11.0. The zero-order chi connectivity index (χ0) is 26.9. The summed E-state index contributed by atoms with van der Waals surface area (Å²) in [6.07, 6.45) is 2.68. The minimum Gasteiger partial charge on any atom is -0.378 e. The summed E-state index contributed by atoms with van der Waals surface area (Å²) in [5.41, 5.74) is 4.75. The third kappa shape index (κ3) is 5.33. The van der Waals surface area contributed by atoms with E-state index in [-0.39, 0.29) is 30.0 Å². The number of likely N-dealkylation sites (tertiary alicyclic amines) is 1. The van der Waals surface area contributed by atoms with Gasteiger partial charge in [0.2, 0.25) is 11.8 Å². The van der Waals surface area contributed by atoms with E-state index in [2.05, 4.69) is 28.4 Å². The fourth-order valence-corrected chi connectivity index (χ4v) is 6.28. The predicted octanol–water partition coefficient (Wildman–Crippen LogP) is 2.30. The van der Waals surface area contributed by atoms with Crippen molar-refractivity contribution in [2.45, 2.75) is 50.7 Å². The second-order valence-electron chi connectivity index (χ2n) is 11.0. The lowest BCUT2D eigenvalue weighted by Gasteiger charge is -2.32. The number of piperidine rings is 2. The van der Waals surface area contributed by atoms with Crippen molar-refractivity contribution in [1.82, 2.24) is 20.0 Å². The number of morpholine rings is 1. The van der Waals surface area contributed by atoms with Crippen LogP contribution in [-0.2, 0) is 27.4 Å². The standard InChI is InChI=1S/C30H34N4O5/c35-27-7-6-26(28(36)31-27)34-19-24-17-22(4-5-25(24)30(34)38)21-8-10-32(11-9-21)18-20-2-1-3-23(16-20)29(37)33-12-14-39-15-13-33/h1-5,16-17,21,26H,6-15,18-19H2,(H,31,35,36). The van der Waals surface area contributed by atoms with Crippen LogP contribution in [0.5, 0.6) is 0 Å². The molecular formula is C30H34N4O5. The maximum Gasteiger partial charge on any atom is 0.255 e. The number of carbonyl (C=O) groups excluding carboxylic acids is 4. The Balaban J connectivity index is 1.05. The van der Waals surface area contributed by atoms with Gasteiger partial charge < -0.3 is 14.5 Å². The molecule has 1 unspecified atom stereocenters. The van der Waals surface area contributed by atoms with Gasteiger partial charge >= 0.3 is 0 Å². The zero-order valence-corrected chi connectivity index (χ0v) is 22.1. The highest BCUT2D eigenvalue weighted by Crippen LogP contribution is 2.34. The third-order valence-corrected chi connectivity index (χ3v) is 8.48. The highest BCUT2D eigenvalue weighted by atomic mass is 16.5. The number of hydrogen-bond acceptors (Lipinski definition) is 6. The maximum absolute atomic E-state index is 13.0. The van der Waals surface area contributed by atoms with Gasteiger partial charge in [0, 0.05) is 43.7 Å². The summed E-state index contributed by atoms with van der Waals surface area (Å²) >= 11 is 0. The quantitative estimate of drug-likeness (QED) is 0.596. The number of carbonyl (C=O) groups is 4. The lowest BCUT2D eigenvalue weighted by Crippen LogP contribution is -2.52. The van der Waals surface area contributed by atoms with Gasteiger partial charge in [0.05, 0.1) is 13.2 Å². The van der Waals surface area contributed by atoms with Crippen molar-refractivity contribution in [1.29, 1.82) is 0 Å². The van der Waals surface area contributed by atoms with Gasteiger partial charge in [-0.25, -0.2) is 0 Å². The molecular weight excluding hydrogens is 496 g/mol. The molecule has 0 radical (unpaired) electrons. The third-order valence-electron chi connectivity index (χ3n) is 8.48. The van der Waals surface area contributed by atoms with Crippen molar-refractivity contribution in [2.75, 3.05) is 39.4 Å². The SMILES string of the molecule is O=C1CCC(N2Cc3cc(C4CCN(Cc5cccc(C(=O)N6CCOCC6)c5)CC4)ccc3C2=O)C(=O)N1. The first-order chi connectivity index (χ1) is 19.0. The summed E-state index contributed by atoms with van der Waals surface area (Å²) in [5, 5.41) is 2.36. The van der Waals surface area contributed by atoms with E-state index in [0.717, 1.165) is 49.2 Å². The summed E-state index contributed by atoms with van der Waals surface area (Å²) in [7, 11) is 0. The molecule has 0 spiro atoms. The minimum atomic E-state index is -0.586. The Morgan fingerprint density at radius 1 is 0.949 bits per heavy atom. The molecule has 0 saturated carbocycles. The summed E-state index contributed by atoms with van der Waals surface area (Å²) in [6, 6.07) is 13.5. The molecule has 0 bridgehead atoms. The molecule has 3 fully saturated rings. The van der Waals surface area contributed by atoms with Crippen molar-refractivity contribution in [3.8, 4) is 0 Å². The number of hydrogen-bond donors (Lipinski definition) is 1. The lowest BCUT2D eigenvalue weighted by molar-refractivity contribution is -0.136. The molecule has 4 aliphatic rings. The number of benzene rings is 2. The highest BCUT2D eigenvalue weighted by molar-refractivity contribution is 6.05. The van der Waals surface area contributed by atoms with E-state index in [1.807, 2.05) is 29.2 Å². The number of imide groups is 1. The molecule has 204 valence electrons. The molecule has 0 aliphatic carbocycles. The van der Waals surface area contributed by atoms with Crippen LogP contribution in [0.3, 0.4) is 0 Å². The lowest BCUT2D eigenvalue weighted by atomic mass is 9.87. The Morgan fingerprint density at radius 3 is 2.51 bits per heavy atom. The van der Waals surface area contributed by atoms with Crippen LogP contribution in [0.15, 0.2) is 42.5 Å². The number of fused-ring (bicyclic) bond motifs is 1. The van der Waals surface area contributed by atoms with Crippen molar-refractivity contribution < 1.29 is 23.9 Å². The first-order valence-corrected chi connectivity index (χ1v) is 13.9. The van der Waals surface area contributed by atoms with Crippen LogP contribution in [0, 0.1) is 0 Å². The molecule has 4 heterocycles. The normalized spacial score (nSPS) is 22.7. The average molecular weight is 531 g/mol. The van der Waals surface area contributed by atoms with Gasteiger partial charge in [-0.05, 0) is 73.2 Å². The Morgan fingerprint density at radius 2 is 1.74 bits per heavy atom. The second kappa shape index (κ2) is 10.9. The molecule has 4 aliphatic heterocycles. The van der Waals surface area contributed by atoms with Crippen LogP contribution in [0.25, 0.3) is 0 Å². The van der Waals surface area contributed by atoms with Crippen LogP contribution >= 0.6 is 0 Å². The summed E-state index contributed by atoms with van der Waals surface area (Å²) in [4.78, 5) is 55.7. The summed E-state index contributed by atoms with van der Waals surface area (Å²) in [5.74, 6) is -0.292. The van der Waals surface area contributed by atoms with E-state index in [0.29, 0.717) is 50.8 Å². The topological polar surface area (TPSA) is 99.3 Å². The van der Waals surface area contributed by atoms with Crippen molar-refractivity contribution in [3.63, 3.8) is 0 Å². The molecule has 4 amide bonds. The van der Waals surface area contributed by atoms with E-state index in [9.17, 15) is 19.2 Å². The van der Waals surface area contributed by atoms with E-state index < -0.39 is 6.04 Å².